The number of alkyl halides is 3. The molecule has 4 heterocycles. The Kier molecular flexibility index (Phi) is 6.04. The summed E-state index contributed by atoms with van der Waals surface area (Å²) < 4.78 is 49.4. The zero-order chi connectivity index (χ0) is 24.0. The van der Waals surface area contributed by atoms with Gasteiger partial charge in [-0.05, 0) is 77.1 Å². The highest BCUT2D eigenvalue weighted by Crippen LogP contribution is 2.53. The SMILES string of the molecule is CC(C)(C1CC(NCC[C@@]2(c3ccccn3)CCOC3(CCCC3)C2)c2ccnn21)C(F)(F)F. The lowest BCUT2D eigenvalue weighted by Gasteiger charge is -2.46. The van der Waals surface area contributed by atoms with E-state index in [4.69, 9.17) is 9.72 Å². The van der Waals surface area contributed by atoms with Crippen molar-refractivity contribution in [2.45, 2.75) is 94.5 Å². The average molecular weight is 477 g/mol. The number of pyridine rings is 1. The number of nitrogens with one attached hydrogen (secondary N) is 1. The van der Waals surface area contributed by atoms with Crippen molar-refractivity contribution in [3.05, 3.63) is 48.0 Å². The molecule has 2 aromatic rings. The Bertz CT molecular complexity index is 983. The van der Waals surface area contributed by atoms with Gasteiger partial charge in [0.05, 0.1) is 28.8 Å². The van der Waals surface area contributed by atoms with Crippen LogP contribution >= 0.6 is 0 Å². The molecule has 2 unspecified atom stereocenters. The van der Waals surface area contributed by atoms with E-state index in [1.54, 1.807) is 10.9 Å². The summed E-state index contributed by atoms with van der Waals surface area (Å²) in [6, 6.07) is 7.11. The number of hydrogen-bond donors (Lipinski definition) is 1. The summed E-state index contributed by atoms with van der Waals surface area (Å²) in [6.07, 6.45) is 6.95. The van der Waals surface area contributed by atoms with Gasteiger partial charge in [-0.2, -0.15) is 18.3 Å². The molecule has 3 atom stereocenters. The molecule has 0 amide bonds. The Morgan fingerprint density at radius 3 is 2.62 bits per heavy atom. The number of rotatable bonds is 6. The smallest absolute Gasteiger partial charge is 0.375 e. The molecule has 1 aliphatic carbocycles. The first-order chi connectivity index (χ1) is 16.2. The Labute approximate surface area is 199 Å². The second-order valence-electron chi connectivity index (χ2n) is 11.1. The van der Waals surface area contributed by atoms with E-state index >= 15 is 0 Å². The fraction of sp³-hybridized carbons (Fsp3) is 0.692. The van der Waals surface area contributed by atoms with E-state index in [0.717, 1.165) is 50.1 Å². The fourth-order valence-corrected chi connectivity index (χ4v) is 6.56. The van der Waals surface area contributed by atoms with Gasteiger partial charge in [0.1, 0.15) is 0 Å². The highest BCUT2D eigenvalue weighted by atomic mass is 19.4. The highest BCUT2D eigenvalue weighted by molar-refractivity contribution is 5.21. The lowest BCUT2D eigenvalue weighted by molar-refractivity contribution is -0.227. The van der Waals surface area contributed by atoms with Crippen molar-refractivity contribution in [2.24, 2.45) is 5.41 Å². The van der Waals surface area contributed by atoms with Crippen LogP contribution in [0, 0.1) is 5.41 Å². The van der Waals surface area contributed by atoms with Gasteiger partial charge in [-0.15, -0.1) is 0 Å². The predicted molar refractivity (Wildman–Crippen MR) is 123 cm³/mol. The largest absolute Gasteiger partial charge is 0.396 e. The number of nitrogens with zero attached hydrogens (tertiary/aromatic N) is 3. The van der Waals surface area contributed by atoms with E-state index in [2.05, 4.69) is 16.5 Å². The summed E-state index contributed by atoms with van der Waals surface area (Å²) >= 11 is 0. The maximum Gasteiger partial charge on any atom is 0.396 e. The van der Waals surface area contributed by atoms with Crippen LogP contribution in [0.1, 0.15) is 88.7 Å². The van der Waals surface area contributed by atoms with Crippen molar-refractivity contribution >= 4 is 0 Å². The third kappa shape index (κ3) is 4.06. The number of fused-ring (bicyclic) bond motifs is 1. The van der Waals surface area contributed by atoms with Crippen molar-refractivity contribution in [1.82, 2.24) is 20.1 Å². The first-order valence-corrected chi connectivity index (χ1v) is 12.5. The third-order valence-corrected chi connectivity index (χ3v) is 8.74. The molecule has 1 N–H and O–H groups in total. The summed E-state index contributed by atoms with van der Waals surface area (Å²) in [7, 11) is 0. The summed E-state index contributed by atoms with van der Waals surface area (Å²) in [5, 5.41) is 7.87. The minimum atomic E-state index is -4.30. The van der Waals surface area contributed by atoms with Crippen LogP contribution in [-0.2, 0) is 10.2 Å². The Balaban J connectivity index is 1.33. The van der Waals surface area contributed by atoms with Crippen molar-refractivity contribution < 1.29 is 17.9 Å². The van der Waals surface area contributed by atoms with Crippen LogP contribution < -0.4 is 5.32 Å². The van der Waals surface area contributed by atoms with Crippen LogP contribution in [0.5, 0.6) is 0 Å². The summed E-state index contributed by atoms with van der Waals surface area (Å²) in [4.78, 5) is 4.76. The van der Waals surface area contributed by atoms with Gasteiger partial charge in [-0.1, -0.05) is 18.9 Å². The van der Waals surface area contributed by atoms with Gasteiger partial charge in [0.15, 0.2) is 0 Å². The lowest BCUT2D eigenvalue weighted by atomic mass is 9.68. The van der Waals surface area contributed by atoms with Crippen molar-refractivity contribution in [3.8, 4) is 0 Å². The molecule has 3 aliphatic rings. The van der Waals surface area contributed by atoms with Crippen molar-refractivity contribution in [3.63, 3.8) is 0 Å². The molecule has 1 saturated heterocycles. The molecular formula is C26H35F3N4O. The first kappa shape index (κ1) is 23.8. The molecule has 2 aliphatic heterocycles. The normalized spacial score (nSPS) is 29.0. The molecule has 0 radical (unpaired) electrons. The van der Waals surface area contributed by atoms with Crippen LogP contribution in [0.25, 0.3) is 0 Å². The molecular weight excluding hydrogens is 441 g/mol. The predicted octanol–water partition coefficient (Wildman–Crippen LogP) is 5.89. The van der Waals surface area contributed by atoms with Gasteiger partial charge in [0, 0.05) is 30.1 Å². The topological polar surface area (TPSA) is 52.0 Å². The summed E-state index contributed by atoms with van der Waals surface area (Å²) in [5.74, 6) is 0. The molecule has 1 saturated carbocycles. The fourth-order valence-electron chi connectivity index (χ4n) is 6.56. The maximum atomic E-state index is 13.8. The van der Waals surface area contributed by atoms with Crippen LogP contribution in [0.4, 0.5) is 13.2 Å². The van der Waals surface area contributed by atoms with E-state index < -0.39 is 17.6 Å². The van der Waals surface area contributed by atoms with E-state index in [-0.39, 0.29) is 17.1 Å². The van der Waals surface area contributed by atoms with Gasteiger partial charge < -0.3 is 10.1 Å². The molecule has 0 aromatic carbocycles. The molecule has 5 rings (SSSR count). The second kappa shape index (κ2) is 8.63. The van der Waals surface area contributed by atoms with Crippen molar-refractivity contribution in [2.75, 3.05) is 13.2 Å². The first-order valence-electron chi connectivity index (χ1n) is 12.5. The molecule has 2 fully saturated rings. The van der Waals surface area contributed by atoms with Gasteiger partial charge in [-0.3, -0.25) is 9.67 Å². The van der Waals surface area contributed by atoms with E-state index in [0.29, 0.717) is 13.0 Å². The zero-order valence-corrected chi connectivity index (χ0v) is 20.1. The molecule has 186 valence electrons. The second-order valence-corrected chi connectivity index (χ2v) is 11.1. The van der Waals surface area contributed by atoms with Gasteiger partial charge in [0.2, 0.25) is 0 Å². The molecule has 8 heteroatoms. The Hall–Kier alpha value is -1.93. The lowest BCUT2D eigenvalue weighted by Crippen LogP contribution is -2.47. The maximum absolute atomic E-state index is 13.8. The van der Waals surface area contributed by atoms with E-state index in [1.165, 1.54) is 26.7 Å². The average Bonchev–Trinajstić information content (AvgIpc) is 3.52. The highest BCUT2D eigenvalue weighted by Gasteiger charge is 2.56. The Morgan fingerprint density at radius 1 is 1.12 bits per heavy atom. The summed E-state index contributed by atoms with van der Waals surface area (Å²) in [5.41, 5.74) is -0.0360. The molecule has 0 bridgehead atoms. The molecule has 5 nitrogen and oxygen atoms in total. The third-order valence-electron chi connectivity index (χ3n) is 8.74. The van der Waals surface area contributed by atoms with Gasteiger partial charge in [0.25, 0.3) is 0 Å². The quantitative estimate of drug-likeness (QED) is 0.565. The van der Waals surface area contributed by atoms with Gasteiger partial charge >= 0.3 is 6.18 Å². The van der Waals surface area contributed by atoms with E-state index in [1.807, 2.05) is 24.4 Å². The molecule has 1 spiro atoms. The van der Waals surface area contributed by atoms with Crippen LogP contribution in [0.2, 0.25) is 0 Å². The monoisotopic (exact) mass is 476 g/mol. The van der Waals surface area contributed by atoms with Crippen LogP contribution in [0.3, 0.4) is 0 Å². The number of halogens is 3. The van der Waals surface area contributed by atoms with E-state index in [9.17, 15) is 13.2 Å². The van der Waals surface area contributed by atoms with Crippen molar-refractivity contribution in [1.29, 1.82) is 0 Å². The number of aromatic nitrogens is 3. The van der Waals surface area contributed by atoms with Crippen LogP contribution in [-0.4, -0.2) is 39.7 Å². The Morgan fingerprint density at radius 2 is 1.91 bits per heavy atom. The number of hydrogen-bond acceptors (Lipinski definition) is 4. The van der Waals surface area contributed by atoms with Crippen LogP contribution in [0.15, 0.2) is 36.7 Å². The standard InChI is InChI=1S/C26H35F3N4O/c1-23(2,26(27,28)29)22-17-19(20-8-14-32-33(20)22)30-15-11-24(21-7-3-6-13-31-21)12-16-34-25(18-24)9-4-5-10-25/h3,6-8,13-14,19,22,30H,4-5,9-12,15-18H2,1-2H3/t19?,22?,24-/m1/s1. The minimum absolute atomic E-state index is 0.0520. The minimum Gasteiger partial charge on any atom is -0.375 e. The molecule has 2 aromatic heterocycles. The zero-order valence-electron chi connectivity index (χ0n) is 20.1. The molecule has 34 heavy (non-hydrogen) atoms. The van der Waals surface area contributed by atoms with Gasteiger partial charge in [-0.25, -0.2) is 0 Å². The summed E-state index contributed by atoms with van der Waals surface area (Å²) in [6.45, 7) is 4.01. The number of ether oxygens (including phenoxy) is 1.